The minimum atomic E-state index is -3.71. The monoisotopic (exact) mass is 306 g/mol. The molecule has 21 heavy (non-hydrogen) atoms. The van der Waals surface area contributed by atoms with Crippen LogP contribution in [0, 0.1) is 0 Å². The second-order valence-corrected chi connectivity index (χ2v) is 6.20. The molecule has 2 aromatic rings. The lowest BCUT2D eigenvalue weighted by molar-refractivity contribution is 0.597. The van der Waals surface area contributed by atoms with Gasteiger partial charge in [-0.05, 0) is 49.2 Å². The first kappa shape index (κ1) is 15.4. The van der Waals surface area contributed by atoms with E-state index in [1.165, 1.54) is 17.8 Å². The third-order valence-corrected chi connectivity index (χ3v) is 3.83. The lowest BCUT2D eigenvalue weighted by Crippen LogP contribution is -2.12. The van der Waals surface area contributed by atoms with Crippen molar-refractivity contribution in [1.29, 1.82) is 0 Å². The number of nitrogens with one attached hydrogen (secondary N) is 1. The van der Waals surface area contributed by atoms with Crippen molar-refractivity contribution in [3.63, 3.8) is 0 Å². The highest BCUT2D eigenvalue weighted by Gasteiger charge is 2.07. The van der Waals surface area contributed by atoms with E-state index in [1.807, 2.05) is 24.3 Å². The Bertz CT molecular complexity index is 699. The Balaban J connectivity index is 2.11. The van der Waals surface area contributed by atoms with Crippen LogP contribution in [-0.4, -0.2) is 19.9 Å². The van der Waals surface area contributed by atoms with Gasteiger partial charge in [0.25, 0.3) is 0 Å². The zero-order chi connectivity index (χ0) is 15.3. The van der Waals surface area contributed by atoms with Crippen molar-refractivity contribution in [3.8, 4) is 0 Å². The summed E-state index contributed by atoms with van der Waals surface area (Å²) in [7, 11) is -3.71. The highest BCUT2D eigenvalue weighted by atomic mass is 32.2. The molecule has 2 rings (SSSR count). The molecular formula is C14H18N4O2S. The van der Waals surface area contributed by atoms with E-state index in [2.05, 4.69) is 10.3 Å². The molecule has 112 valence electrons. The number of pyridine rings is 1. The molecule has 5 N–H and O–H groups in total. The SMILES string of the molecule is NCCCc1cccc(Nc2ccc(S(N)(=O)=O)cn2)c1. The van der Waals surface area contributed by atoms with Crippen LogP contribution in [0.15, 0.2) is 47.5 Å². The van der Waals surface area contributed by atoms with E-state index in [0.29, 0.717) is 12.4 Å². The number of sulfonamides is 1. The molecule has 0 aliphatic rings. The van der Waals surface area contributed by atoms with Crippen LogP contribution in [0.25, 0.3) is 0 Å². The second-order valence-electron chi connectivity index (χ2n) is 4.64. The van der Waals surface area contributed by atoms with Crippen molar-refractivity contribution in [2.75, 3.05) is 11.9 Å². The van der Waals surface area contributed by atoms with E-state index in [9.17, 15) is 8.42 Å². The number of aryl methyl sites for hydroxylation is 1. The van der Waals surface area contributed by atoms with Gasteiger partial charge in [-0.3, -0.25) is 0 Å². The number of nitrogens with zero attached hydrogens (tertiary/aromatic N) is 1. The summed E-state index contributed by atoms with van der Waals surface area (Å²) in [6, 6.07) is 10.9. The summed E-state index contributed by atoms with van der Waals surface area (Å²) < 4.78 is 22.3. The molecule has 0 bridgehead atoms. The summed E-state index contributed by atoms with van der Waals surface area (Å²) in [5.74, 6) is 0.554. The van der Waals surface area contributed by atoms with Gasteiger partial charge in [-0.2, -0.15) is 0 Å². The van der Waals surface area contributed by atoms with Crippen LogP contribution < -0.4 is 16.2 Å². The molecule has 0 saturated heterocycles. The molecule has 0 spiro atoms. The molecule has 7 heteroatoms. The van der Waals surface area contributed by atoms with Crippen LogP contribution in [0.5, 0.6) is 0 Å². The molecule has 6 nitrogen and oxygen atoms in total. The Morgan fingerprint density at radius 1 is 1.19 bits per heavy atom. The number of benzene rings is 1. The maximum atomic E-state index is 11.2. The maximum Gasteiger partial charge on any atom is 0.239 e. The van der Waals surface area contributed by atoms with E-state index in [1.54, 1.807) is 6.07 Å². The number of primary sulfonamides is 1. The van der Waals surface area contributed by atoms with Gasteiger partial charge in [0, 0.05) is 11.9 Å². The smallest absolute Gasteiger partial charge is 0.239 e. The summed E-state index contributed by atoms with van der Waals surface area (Å²) in [5, 5.41) is 8.15. The predicted octanol–water partition coefficient (Wildman–Crippen LogP) is 1.36. The number of hydrogen-bond donors (Lipinski definition) is 3. The van der Waals surface area contributed by atoms with Crippen LogP contribution in [-0.2, 0) is 16.4 Å². The summed E-state index contributed by atoms with van der Waals surface area (Å²) >= 11 is 0. The molecule has 0 aliphatic carbocycles. The molecule has 0 atom stereocenters. The molecule has 0 fully saturated rings. The van der Waals surface area contributed by atoms with Gasteiger partial charge < -0.3 is 11.1 Å². The third-order valence-electron chi connectivity index (χ3n) is 2.93. The Labute approximate surface area is 124 Å². The number of anilines is 2. The maximum absolute atomic E-state index is 11.2. The first-order valence-corrected chi connectivity index (χ1v) is 8.08. The molecular weight excluding hydrogens is 288 g/mol. The first-order valence-electron chi connectivity index (χ1n) is 6.54. The van der Waals surface area contributed by atoms with E-state index in [0.717, 1.165) is 18.5 Å². The normalized spacial score (nSPS) is 11.3. The van der Waals surface area contributed by atoms with Crippen molar-refractivity contribution in [1.82, 2.24) is 4.98 Å². The summed E-state index contributed by atoms with van der Waals surface area (Å²) in [4.78, 5) is 4.03. The van der Waals surface area contributed by atoms with E-state index in [-0.39, 0.29) is 4.90 Å². The van der Waals surface area contributed by atoms with Crippen molar-refractivity contribution < 1.29 is 8.42 Å². The highest BCUT2D eigenvalue weighted by Crippen LogP contribution is 2.17. The Hall–Kier alpha value is -1.96. The van der Waals surface area contributed by atoms with Crippen LogP contribution >= 0.6 is 0 Å². The predicted molar refractivity (Wildman–Crippen MR) is 82.7 cm³/mol. The molecule has 0 unspecified atom stereocenters. The van der Waals surface area contributed by atoms with Crippen LogP contribution in [0.2, 0.25) is 0 Å². The molecule has 1 heterocycles. The second kappa shape index (κ2) is 6.66. The van der Waals surface area contributed by atoms with E-state index >= 15 is 0 Å². The fourth-order valence-corrected chi connectivity index (χ4v) is 2.34. The fraction of sp³-hybridized carbons (Fsp3) is 0.214. The van der Waals surface area contributed by atoms with Crippen molar-refractivity contribution in [3.05, 3.63) is 48.2 Å². The number of aromatic nitrogens is 1. The summed E-state index contributed by atoms with van der Waals surface area (Å²) in [6.45, 7) is 0.661. The lowest BCUT2D eigenvalue weighted by Gasteiger charge is -2.08. The number of rotatable bonds is 6. The van der Waals surface area contributed by atoms with Crippen LogP contribution in [0.3, 0.4) is 0 Å². The Morgan fingerprint density at radius 2 is 2.00 bits per heavy atom. The molecule has 0 radical (unpaired) electrons. The molecule has 1 aromatic carbocycles. The van der Waals surface area contributed by atoms with Gasteiger partial charge in [0.2, 0.25) is 10.0 Å². The van der Waals surface area contributed by atoms with Gasteiger partial charge in [0.05, 0.1) is 0 Å². The van der Waals surface area contributed by atoms with Crippen molar-refractivity contribution >= 4 is 21.5 Å². The third kappa shape index (κ3) is 4.52. The van der Waals surface area contributed by atoms with Gasteiger partial charge >= 0.3 is 0 Å². The first-order chi connectivity index (χ1) is 9.99. The van der Waals surface area contributed by atoms with Gasteiger partial charge in [-0.25, -0.2) is 18.5 Å². The Kier molecular flexibility index (Phi) is 4.89. The van der Waals surface area contributed by atoms with Crippen LogP contribution in [0.1, 0.15) is 12.0 Å². The molecule has 1 aromatic heterocycles. The average Bonchev–Trinajstić information content (AvgIpc) is 2.45. The largest absolute Gasteiger partial charge is 0.340 e. The van der Waals surface area contributed by atoms with E-state index < -0.39 is 10.0 Å². The van der Waals surface area contributed by atoms with Crippen molar-refractivity contribution in [2.24, 2.45) is 10.9 Å². The zero-order valence-electron chi connectivity index (χ0n) is 11.5. The summed E-state index contributed by atoms with van der Waals surface area (Å²) in [5.41, 5.74) is 7.58. The van der Waals surface area contributed by atoms with Gasteiger partial charge in [-0.15, -0.1) is 0 Å². The number of nitrogens with two attached hydrogens (primary N) is 2. The Morgan fingerprint density at radius 3 is 2.62 bits per heavy atom. The lowest BCUT2D eigenvalue weighted by atomic mass is 10.1. The fourth-order valence-electron chi connectivity index (χ4n) is 1.88. The van der Waals surface area contributed by atoms with Gasteiger partial charge in [-0.1, -0.05) is 12.1 Å². The van der Waals surface area contributed by atoms with Gasteiger partial charge in [0.1, 0.15) is 10.7 Å². The van der Waals surface area contributed by atoms with Crippen LogP contribution in [0.4, 0.5) is 11.5 Å². The van der Waals surface area contributed by atoms with Gasteiger partial charge in [0.15, 0.2) is 0 Å². The topological polar surface area (TPSA) is 111 Å². The highest BCUT2D eigenvalue weighted by molar-refractivity contribution is 7.89. The quantitative estimate of drug-likeness (QED) is 0.746. The number of hydrogen-bond acceptors (Lipinski definition) is 5. The summed E-state index contributed by atoms with van der Waals surface area (Å²) in [6.07, 6.45) is 3.09. The average molecular weight is 306 g/mol. The molecule has 0 saturated carbocycles. The minimum absolute atomic E-state index is 0.00949. The minimum Gasteiger partial charge on any atom is -0.340 e. The molecule has 0 amide bonds. The van der Waals surface area contributed by atoms with Crippen molar-refractivity contribution in [2.45, 2.75) is 17.7 Å². The van der Waals surface area contributed by atoms with E-state index in [4.69, 9.17) is 10.9 Å². The zero-order valence-corrected chi connectivity index (χ0v) is 12.3. The standard InChI is InChI=1S/C14H18N4O2S/c15-8-2-4-11-3-1-5-12(9-11)18-14-7-6-13(10-17-14)21(16,19)20/h1,3,5-7,9-10H,2,4,8,15H2,(H,17,18)(H2,16,19,20). The molecule has 0 aliphatic heterocycles.